The second-order valence-corrected chi connectivity index (χ2v) is 7.80. The van der Waals surface area contributed by atoms with Crippen molar-refractivity contribution >= 4 is 28.3 Å². The molecule has 8 nitrogen and oxygen atoms in total. The van der Waals surface area contributed by atoms with Crippen LogP contribution in [0.5, 0.6) is 0 Å². The first-order chi connectivity index (χ1) is 11.0. The molecule has 0 bridgehead atoms. The van der Waals surface area contributed by atoms with Crippen molar-refractivity contribution < 1.29 is 13.2 Å². The maximum Gasteiger partial charge on any atom is 0.244 e. The Kier molecular flexibility index (Phi) is 8.56. The molecule has 0 aliphatic heterocycles. The van der Waals surface area contributed by atoms with Crippen LogP contribution in [-0.4, -0.2) is 42.2 Å². The molecule has 1 rings (SSSR count). The lowest BCUT2D eigenvalue weighted by atomic mass is 9.92. The van der Waals surface area contributed by atoms with Crippen LogP contribution >= 0.6 is 12.4 Å². The Morgan fingerprint density at radius 3 is 2.20 bits per heavy atom. The summed E-state index contributed by atoms with van der Waals surface area (Å²) in [6, 6.07) is -0.918. The summed E-state index contributed by atoms with van der Waals surface area (Å²) in [6.45, 7) is 8.99. The van der Waals surface area contributed by atoms with Gasteiger partial charge in [0.05, 0.1) is 23.0 Å². The van der Waals surface area contributed by atoms with E-state index in [0.717, 1.165) is 0 Å². The summed E-state index contributed by atoms with van der Waals surface area (Å²) in [4.78, 5) is 12.5. The lowest BCUT2D eigenvalue weighted by Gasteiger charge is -2.32. The third-order valence-corrected chi connectivity index (χ3v) is 6.36. The van der Waals surface area contributed by atoms with E-state index in [1.807, 2.05) is 13.8 Å². The maximum atomic E-state index is 12.6. The molecule has 0 aliphatic carbocycles. The minimum atomic E-state index is -3.85. The molecule has 0 aliphatic rings. The summed E-state index contributed by atoms with van der Waals surface area (Å²) < 4.78 is 29.1. The van der Waals surface area contributed by atoms with E-state index in [1.54, 1.807) is 20.9 Å². The summed E-state index contributed by atoms with van der Waals surface area (Å²) in [5.41, 5.74) is 6.17. The van der Waals surface area contributed by atoms with Crippen LogP contribution in [-0.2, 0) is 21.9 Å². The molecule has 25 heavy (non-hydrogen) atoms. The quantitative estimate of drug-likeness (QED) is 0.600. The van der Waals surface area contributed by atoms with Crippen LogP contribution < -0.4 is 15.8 Å². The minimum absolute atomic E-state index is 0. The lowest BCUT2D eigenvalue weighted by Crippen LogP contribution is -2.57. The van der Waals surface area contributed by atoms with Crippen molar-refractivity contribution in [1.29, 1.82) is 0 Å². The predicted molar refractivity (Wildman–Crippen MR) is 100 cm³/mol. The van der Waals surface area contributed by atoms with Gasteiger partial charge in [0.1, 0.15) is 4.90 Å². The van der Waals surface area contributed by atoms with E-state index in [-0.39, 0.29) is 17.3 Å². The SMILES string of the molecule is CCC(CC)(CN)NC(=O)C(C)NS(=O)(=O)c1c(C)nn(C)c1C.Cl. The highest BCUT2D eigenvalue weighted by atomic mass is 35.5. The first kappa shape index (κ1) is 23.8. The number of hydrogen-bond acceptors (Lipinski definition) is 5. The van der Waals surface area contributed by atoms with Crippen molar-refractivity contribution in [1.82, 2.24) is 19.8 Å². The van der Waals surface area contributed by atoms with Gasteiger partial charge < -0.3 is 11.1 Å². The van der Waals surface area contributed by atoms with Gasteiger partial charge in [0, 0.05) is 13.6 Å². The van der Waals surface area contributed by atoms with Crippen molar-refractivity contribution in [3.05, 3.63) is 11.4 Å². The second kappa shape index (κ2) is 8.98. The number of hydrogen-bond donors (Lipinski definition) is 3. The topological polar surface area (TPSA) is 119 Å². The fourth-order valence-corrected chi connectivity index (χ4v) is 4.27. The van der Waals surface area contributed by atoms with Gasteiger partial charge in [-0.15, -0.1) is 12.4 Å². The number of nitrogens with zero attached hydrogens (tertiary/aromatic N) is 2. The van der Waals surface area contributed by atoms with Gasteiger partial charge in [0.25, 0.3) is 0 Å². The number of sulfonamides is 1. The Morgan fingerprint density at radius 2 is 1.84 bits per heavy atom. The molecule has 1 atom stereocenters. The molecular formula is C15H30ClN5O3S. The van der Waals surface area contributed by atoms with E-state index >= 15 is 0 Å². The Morgan fingerprint density at radius 1 is 1.32 bits per heavy atom. The molecule has 10 heteroatoms. The number of aryl methyl sites for hydroxylation is 2. The predicted octanol–water partition coefficient (Wildman–Crippen LogP) is 0.759. The molecule has 1 heterocycles. The molecule has 0 saturated carbocycles. The zero-order valence-corrected chi connectivity index (χ0v) is 17.3. The summed E-state index contributed by atoms with van der Waals surface area (Å²) in [7, 11) is -2.17. The molecule has 4 N–H and O–H groups in total. The smallest absolute Gasteiger partial charge is 0.244 e. The molecule has 0 radical (unpaired) electrons. The molecule has 1 unspecified atom stereocenters. The number of carbonyl (C=O) groups excluding carboxylic acids is 1. The van der Waals surface area contributed by atoms with Crippen molar-refractivity contribution in [2.75, 3.05) is 6.54 Å². The van der Waals surface area contributed by atoms with Crippen molar-refractivity contribution in [2.45, 2.75) is 63.9 Å². The van der Waals surface area contributed by atoms with Crippen molar-refractivity contribution in [3.63, 3.8) is 0 Å². The number of carbonyl (C=O) groups is 1. The molecule has 0 fully saturated rings. The van der Waals surface area contributed by atoms with Crippen LogP contribution in [0.15, 0.2) is 4.90 Å². The van der Waals surface area contributed by atoms with E-state index in [2.05, 4.69) is 15.1 Å². The van der Waals surface area contributed by atoms with Crippen LogP contribution in [0.1, 0.15) is 45.0 Å². The highest BCUT2D eigenvalue weighted by Gasteiger charge is 2.31. The molecule has 0 saturated heterocycles. The van der Waals surface area contributed by atoms with Gasteiger partial charge in [0.15, 0.2) is 0 Å². The Balaban J connectivity index is 0.00000576. The number of amides is 1. The molecule has 0 spiro atoms. The Hall–Kier alpha value is -1.16. The summed E-state index contributed by atoms with van der Waals surface area (Å²) in [5, 5.41) is 6.98. The minimum Gasteiger partial charge on any atom is -0.348 e. The fraction of sp³-hybridized carbons (Fsp3) is 0.733. The van der Waals surface area contributed by atoms with Crippen LogP contribution in [0.3, 0.4) is 0 Å². The van der Waals surface area contributed by atoms with Gasteiger partial charge in [-0.1, -0.05) is 13.8 Å². The fourth-order valence-electron chi connectivity index (χ4n) is 2.62. The molecule has 1 aromatic rings. The van der Waals surface area contributed by atoms with Crippen molar-refractivity contribution in [3.8, 4) is 0 Å². The average molecular weight is 396 g/mol. The van der Waals surface area contributed by atoms with Gasteiger partial charge in [-0.2, -0.15) is 9.82 Å². The van der Waals surface area contributed by atoms with Gasteiger partial charge in [0.2, 0.25) is 15.9 Å². The van der Waals surface area contributed by atoms with Gasteiger partial charge in [-0.05, 0) is 33.6 Å². The number of halogens is 1. The first-order valence-electron chi connectivity index (χ1n) is 8.08. The number of nitrogens with two attached hydrogens (primary N) is 1. The third-order valence-electron chi connectivity index (χ3n) is 4.57. The summed E-state index contributed by atoms with van der Waals surface area (Å²) in [5.74, 6) is -0.396. The highest BCUT2D eigenvalue weighted by Crippen LogP contribution is 2.19. The van der Waals surface area contributed by atoms with Crippen LogP contribution in [0.4, 0.5) is 0 Å². The van der Waals surface area contributed by atoms with E-state index < -0.39 is 27.5 Å². The molecule has 146 valence electrons. The number of rotatable bonds is 8. The molecule has 0 aromatic carbocycles. The zero-order chi connectivity index (χ0) is 18.7. The molecular weight excluding hydrogens is 366 g/mol. The maximum absolute atomic E-state index is 12.6. The van der Waals surface area contributed by atoms with E-state index in [9.17, 15) is 13.2 Å². The number of nitrogens with one attached hydrogen (secondary N) is 2. The number of aromatic nitrogens is 2. The van der Waals surface area contributed by atoms with Crippen molar-refractivity contribution in [2.24, 2.45) is 12.8 Å². The van der Waals surface area contributed by atoms with Crippen LogP contribution in [0.25, 0.3) is 0 Å². The van der Waals surface area contributed by atoms with Gasteiger partial charge >= 0.3 is 0 Å². The van der Waals surface area contributed by atoms with E-state index in [4.69, 9.17) is 5.73 Å². The average Bonchev–Trinajstić information content (AvgIpc) is 2.77. The lowest BCUT2D eigenvalue weighted by molar-refractivity contribution is -0.124. The Bertz CT molecular complexity index is 690. The molecule has 1 amide bonds. The highest BCUT2D eigenvalue weighted by molar-refractivity contribution is 7.89. The standard InChI is InChI=1S/C15H29N5O3S.ClH/c1-7-15(8-2,9-16)17-14(21)11(4)19-24(22,23)13-10(3)18-20(6)12(13)5;/h11,19H,7-9,16H2,1-6H3,(H,17,21);1H. The van der Waals surface area contributed by atoms with E-state index in [1.165, 1.54) is 11.6 Å². The largest absolute Gasteiger partial charge is 0.348 e. The second-order valence-electron chi connectivity index (χ2n) is 6.15. The monoisotopic (exact) mass is 395 g/mol. The normalized spacial score (nSPS) is 13.2. The first-order valence-corrected chi connectivity index (χ1v) is 9.56. The van der Waals surface area contributed by atoms with Gasteiger partial charge in [-0.3, -0.25) is 9.48 Å². The summed E-state index contributed by atoms with van der Waals surface area (Å²) in [6.07, 6.45) is 1.35. The van der Waals surface area contributed by atoms with E-state index in [0.29, 0.717) is 30.8 Å². The van der Waals surface area contributed by atoms with Crippen LogP contribution in [0.2, 0.25) is 0 Å². The Labute approximate surface area is 156 Å². The zero-order valence-electron chi connectivity index (χ0n) is 15.7. The third kappa shape index (κ3) is 5.16. The van der Waals surface area contributed by atoms with Crippen LogP contribution in [0, 0.1) is 13.8 Å². The summed E-state index contributed by atoms with van der Waals surface area (Å²) >= 11 is 0. The van der Waals surface area contributed by atoms with Gasteiger partial charge in [-0.25, -0.2) is 8.42 Å². The molecule has 1 aromatic heterocycles.